The number of amides is 1. The minimum Gasteiger partial charge on any atom is -0.342 e. The summed E-state index contributed by atoms with van der Waals surface area (Å²) in [5.74, 6) is 0.386. The molecule has 80 valence electrons. The molecule has 0 N–H and O–H groups in total. The summed E-state index contributed by atoms with van der Waals surface area (Å²) in [5, 5.41) is 0. The van der Waals surface area contributed by atoms with E-state index >= 15 is 0 Å². The number of carbonyl (C=O) groups is 1. The van der Waals surface area contributed by atoms with Gasteiger partial charge in [0.2, 0.25) is 5.91 Å². The summed E-state index contributed by atoms with van der Waals surface area (Å²) >= 11 is 0. The molecule has 0 unspecified atom stereocenters. The second-order valence-corrected chi connectivity index (χ2v) is 5.29. The molecule has 0 spiro atoms. The van der Waals surface area contributed by atoms with Crippen LogP contribution in [-0.4, -0.2) is 23.9 Å². The van der Waals surface area contributed by atoms with Gasteiger partial charge in [0.25, 0.3) is 0 Å². The Morgan fingerprint density at radius 1 is 1.21 bits per heavy atom. The van der Waals surface area contributed by atoms with Crippen LogP contribution >= 0.6 is 0 Å². The molecule has 0 aromatic rings. The van der Waals surface area contributed by atoms with Crippen molar-refractivity contribution in [2.75, 3.05) is 13.1 Å². The minimum atomic E-state index is 0.386. The summed E-state index contributed by atoms with van der Waals surface area (Å²) in [7, 11) is 0. The van der Waals surface area contributed by atoms with Gasteiger partial charge in [0.05, 0.1) is 0 Å². The van der Waals surface area contributed by atoms with Gasteiger partial charge in [-0.2, -0.15) is 0 Å². The molecule has 2 nitrogen and oxygen atoms in total. The predicted octanol–water partition coefficient (Wildman–Crippen LogP) is 2.58. The van der Waals surface area contributed by atoms with Crippen LogP contribution in [-0.2, 0) is 4.79 Å². The van der Waals surface area contributed by atoms with Crippen molar-refractivity contribution in [2.24, 2.45) is 5.41 Å². The molecular weight excluding hydrogens is 174 g/mol. The zero-order valence-electron chi connectivity index (χ0n) is 9.22. The predicted molar refractivity (Wildman–Crippen MR) is 57.0 cm³/mol. The van der Waals surface area contributed by atoms with E-state index in [4.69, 9.17) is 0 Å². The molecule has 2 fully saturated rings. The van der Waals surface area contributed by atoms with E-state index < -0.39 is 0 Å². The Labute approximate surface area is 86.7 Å². The lowest BCUT2D eigenvalue weighted by atomic mass is 9.75. The fraction of sp³-hybridized carbons (Fsp3) is 0.917. The summed E-state index contributed by atoms with van der Waals surface area (Å²) in [4.78, 5) is 13.6. The standard InChI is InChI=1S/C12H21NO/c1-12(7-3-2-4-8-12)10-13-9-5-6-11(13)14/h2-10H2,1H3. The molecule has 0 bridgehead atoms. The Morgan fingerprint density at radius 2 is 1.93 bits per heavy atom. The maximum absolute atomic E-state index is 11.5. The fourth-order valence-corrected chi connectivity index (χ4v) is 2.90. The molecule has 14 heavy (non-hydrogen) atoms. The van der Waals surface area contributed by atoms with Crippen LogP contribution < -0.4 is 0 Å². The van der Waals surface area contributed by atoms with Crippen LogP contribution in [0.2, 0.25) is 0 Å². The van der Waals surface area contributed by atoms with Crippen LogP contribution in [0.25, 0.3) is 0 Å². The lowest BCUT2D eigenvalue weighted by molar-refractivity contribution is -0.129. The molecule has 0 aromatic heterocycles. The van der Waals surface area contributed by atoms with E-state index in [-0.39, 0.29) is 0 Å². The third kappa shape index (κ3) is 2.10. The van der Waals surface area contributed by atoms with Crippen LogP contribution in [0.5, 0.6) is 0 Å². The second-order valence-electron chi connectivity index (χ2n) is 5.29. The summed E-state index contributed by atoms with van der Waals surface area (Å²) < 4.78 is 0. The van der Waals surface area contributed by atoms with Gasteiger partial charge in [-0.3, -0.25) is 4.79 Å². The molecule has 0 atom stereocenters. The third-order valence-electron chi connectivity index (χ3n) is 3.80. The van der Waals surface area contributed by atoms with Gasteiger partial charge in [0, 0.05) is 19.5 Å². The highest BCUT2D eigenvalue weighted by molar-refractivity contribution is 5.78. The minimum absolute atomic E-state index is 0.386. The highest BCUT2D eigenvalue weighted by atomic mass is 16.2. The Kier molecular flexibility index (Phi) is 2.80. The van der Waals surface area contributed by atoms with Gasteiger partial charge < -0.3 is 4.90 Å². The van der Waals surface area contributed by atoms with E-state index in [1.165, 1.54) is 32.1 Å². The first kappa shape index (κ1) is 10.0. The second kappa shape index (κ2) is 3.92. The lowest BCUT2D eigenvalue weighted by Crippen LogP contribution is -2.37. The quantitative estimate of drug-likeness (QED) is 0.663. The molecule has 1 aliphatic heterocycles. The van der Waals surface area contributed by atoms with Gasteiger partial charge >= 0.3 is 0 Å². The molecule has 2 aliphatic rings. The van der Waals surface area contributed by atoms with Crippen LogP contribution in [0.15, 0.2) is 0 Å². The number of nitrogens with zero attached hydrogens (tertiary/aromatic N) is 1. The van der Waals surface area contributed by atoms with E-state index in [9.17, 15) is 4.79 Å². The molecule has 1 aliphatic carbocycles. The molecule has 2 rings (SSSR count). The molecule has 0 radical (unpaired) electrons. The van der Waals surface area contributed by atoms with Gasteiger partial charge in [-0.1, -0.05) is 26.2 Å². The average molecular weight is 195 g/mol. The topological polar surface area (TPSA) is 20.3 Å². The third-order valence-corrected chi connectivity index (χ3v) is 3.80. The van der Waals surface area contributed by atoms with Crippen molar-refractivity contribution < 1.29 is 4.79 Å². The zero-order chi connectivity index (χ0) is 10.0. The van der Waals surface area contributed by atoms with Gasteiger partial charge in [-0.25, -0.2) is 0 Å². The first-order valence-electron chi connectivity index (χ1n) is 5.97. The summed E-state index contributed by atoms with van der Waals surface area (Å²) in [6, 6.07) is 0. The van der Waals surface area contributed by atoms with Crippen LogP contribution in [0.3, 0.4) is 0 Å². The summed E-state index contributed by atoms with van der Waals surface area (Å²) in [5.41, 5.74) is 0.429. The summed E-state index contributed by atoms with van der Waals surface area (Å²) in [6.07, 6.45) is 8.61. The first-order chi connectivity index (χ1) is 6.70. The Hall–Kier alpha value is -0.530. The van der Waals surface area contributed by atoms with Crippen molar-refractivity contribution >= 4 is 5.91 Å². The van der Waals surface area contributed by atoms with Crippen molar-refractivity contribution in [3.63, 3.8) is 0 Å². The maximum Gasteiger partial charge on any atom is 0.222 e. The number of hydrogen-bond donors (Lipinski definition) is 0. The van der Waals surface area contributed by atoms with Crippen LogP contribution in [0, 0.1) is 5.41 Å². The molecular formula is C12H21NO. The maximum atomic E-state index is 11.5. The van der Waals surface area contributed by atoms with Gasteiger partial charge in [0.15, 0.2) is 0 Å². The smallest absolute Gasteiger partial charge is 0.222 e. The number of hydrogen-bond acceptors (Lipinski definition) is 1. The number of likely N-dealkylation sites (tertiary alicyclic amines) is 1. The molecule has 1 heterocycles. The van der Waals surface area contributed by atoms with E-state index in [1.807, 2.05) is 0 Å². The normalized spacial score (nSPS) is 26.9. The average Bonchev–Trinajstić information content (AvgIpc) is 2.52. The molecule has 1 saturated carbocycles. The largest absolute Gasteiger partial charge is 0.342 e. The Bertz CT molecular complexity index is 218. The lowest BCUT2D eigenvalue weighted by Gasteiger charge is -2.36. The van der Waals surface area contributed by atoms with Gasteiger partial charge in [0.1, 0.15) is 0 Å². The van der Waals surface area contributed by atoms with Gasteiger partial charge in [-0.05, 0) is 24.7 Å². The number of rotatable bonds is 2. The van der Waals surface area contributed by atoms with E-state index in [1.54, 1.807) is 0 Å². The van der Waals surface area contributed by atoms with Crippen molar-refractivity contribution in [3.8, 4) is 0 Å². The molecule has 1 amide bonds. The zero-order valence-corrected chi connectivity index (χ0v) is 9.22. The molecule has 2 heteroatoms. The van der Waals surface area contributed by atoms with Gasteiger partial charge in [-0.15, -0.1) is 0 Å². The Morgan fingerprint density at radius 3 is 2.50 bits per heavy atom. The van der Waals surface area contributed by atoms with E-state index in [0.717, 1.165) is 25.9 Å². The summed E-state index contributed by atoms with van der Waals surface area (Å²) in [6.45, 7) is 4.39. The van der Waals surface area contributed by atoms with Crippen LogP contribution in [0.4, 0.5) is 0 Å². The monoisotopic (exact) mass is 195 g/mol. The van der Waals surface area contributed by atoms with Crippen molar-refractivity contribution in [2.45, 2.75) is 51.9 Å². The highest BCUT2D eigenvalue weighted by Gasteiger charge is 2.32. The molecule has 1 saturated heterocycles. The van der Waals surface area contributed by atoms with Crippen LogP contribution in [0.1, 0.15) is 51.9 Å². The molecule has 0 aromatic carbocycles. The first-order valence-corrected chi connectivity index (χ1v) is 5.97. The van der Waals surface area contributed by atoms with E-state index in [0.29, 0.717) is 11.3 Å². The SMILES string of the molecule is CC1(CN2CCCC2=O)CCCCC1. The fourth-order valence-electron chi connectivity index (χ4n) is 2.90. The van der Waals surface area contributed by atoms with Crippen molar-refractivity contribution in [1.82, 2.24) is 4.90 Å². The Balaban J connectivity index is 1.91. The van der Waals surface area contributed by atoms with Crippen molar-refractivity contribution in [1.29, 1.82) is 0 Å². The number of carbonyl (C=O) groups excluding carboxylic acids is 1. The highest BCUT2D eigenvalue weighted by Crippen LogP contribution is 2.37. The van der Waals surface area contributed by atoms with Crippen molar-refractivity contribution in [3.05, 3.63) is 0 Å². The van der Waals surface area contributed by atoms with E-state index in [2.05, 4.69) is 11.8 Å².